The first kappa shape index (κ1) is 26.0. The van der Waals surface area contributed by atoms with Crippen LogP contribution in [0.3, 0.4) is 0 Å². The van der Waals surface area contributed by atoms with E-state index >= 15 is 0 Å². The van der Waals surface area contributed by atoms with Crippen LogP contribution in [0.25, 0.3) is 28.1 Å². The van der Waals surface area contributed by atoms with Crippen molar-refractivity contribution in [2.24, 2.45) is 0 Å². The van der Waals surface area contributed by atoms with E-state index in [0.29, 0.717) is 28.1 Å². The van der Waals surface area contributed by atoms with E-state index in [1.54, 1.807) is 42.5 Å². The molecule has 5 rings (SSSR count). The number of nitrogens with zero attached hydrogens (tertiary/aromatic N) is 5. The number of aromatic amines is 1. The highest BCUT2D eigenvalue weighted by Gasteiger charge is 2.18. The van der Waals surface area contributed by atoms with Crippen LogP contribution in [0.1, 0.15) is 43.4 Å². The lowest BCUT2D eigenvalue weighted by Gasteiger charge is -2.13. The number of ether oxygens (including phenoxy) is 1. The molecule has 3 aromatic heterocycles. The van der Waals surface area contributed by atoms with Crippen LogP contribution in [0.15, 0.2) is 73.4 Å². The quantitative estimate of drug-likeness (QED) is 0.282. The highest BCUT2D eigenvalue weighted by atomic mass is 16.5. The minimum Gasteiger partial charge on any atom is -0.450 e. The third-order valence-corrected chi connectivity index (χ3v) is 5.63. The first-order valence-corrected chi connectivity index (χ1v) is 11.7. The third kappa shape index (κ3) is 5.51. The Balaban J connectivity index is 0.00000336. The zero-order valence-electron chi connectivity index (χ0n) is 20.2. The molecule has 38 heavy (non-hydrogen) atoms. The fourth-order valence-electron chi connectivity index (χ4n) is 3.86. The molecule has 0 saturated carbocycles. The Morgan fingerprint density at radius 1 is 1.08 bits per heavy atom. The number of hydrogen-bond acceptors (Lipinski definition) is 7. The topological polar surface area (TPSA) is 140 Å². The van der Waals surface area contributed by atoms with E-state index in [1.165, 1.54) is 0 Å². The summed E-state index contributed by atoms with van der Waals surface area (Å²) in [5.74, 6) is 0.395. The largest absolute Gasteiger partial charge is 0.450 e. The molecule has 0 spiro atoms. The number of anilines is 1. The number of imidazole rings is 2. The number of rotatable bonds is 7. The first-order valence-electron chi connectivity index (χ1n) is 11.7. The number of hydrogen-bond donors (Lipinski definition) is 3. The summed E-state index contributed by atoms with van der Waals surface area (Å²) in [6, 6.07) is 14.9. The Hall–Kier alpha value is -5.06. The summed E-state index contributed by atoms with van der Waals surface area (Å²) in [6.07, 6.45) is 5.87. The maximum absolute atomic E-state index is 12.9. The molecule has 0 aliphatic heterocycles. The van der Waals surface area contributed by atoms with Crippen LogP contribution in [-0.2, 0) is 4.74 Å². The molecule has 3 heterocycles. The van der Waals surface area contributed by atoms with Gasteiger partial charge in [-0.15, -0.1) is 0 Å². The van der Waals surface area contributed by atoms with Crippen molar-refractivity contribution in [1.82, 2.24) is 34.8 Å². The SMILES string of the molecule is C.CCOC(=O)Nc1nc2c(-c3ncccn3)cc(-n3cnc(C(=O)N[C@@H](C)c4ccccc4)c3)cc2[nH]1. The van der Waals surface area contributed by atoms with Crippen molar-refractivity contribution in [3.8, 4) is 17.1 Å². The number of nitrogens with one attached hydrogen (secondary N) is 3. The second-order valence-corrected chi connectivity index (χ2v) is 8.16. The number of benzene rings is 2. The van der Waals surface area contributed by atoms with Crippen LogP contribution in [0, 0.1) is 0 Å². The van der Waals surface area contributed by atoms with Gasteiger partial charge in [0.15, 0.2) is 5.82 Å². The van der Waals surface area contributed by atoms with Crippen molar-refractivity contribution in [1.29, 1.82) is 0 Å². The van der Waals surface area contributed by atoms with E-state index in [-0.39, 0.29) is 37.6 Å². The first-order chi connectivity index (χ1) is 18.0. The van der Waals surface area contributed by atoms with Crippen LogP contribution in [0.2, 0.25) is 0 Å². The van der Waals surface area contributed by atoms with Gasteiger partial charge in [-0.1, -0.05) is 37.8 Å². The van der Waals surface area contributed by atoms with Crippen molar-refractivity contribution >= 4 is 29.0 Å². The number of fused-ring (bicyclic) bond motifs is 1. The molecule has 2 amide bonds. The number of carbonyl (C=O) groups excluding carboxylic acids is 2. The monoisotopic (exact) mass is 512 g/mol. The van der Waals surface area contributed by atoms with Crippen molar-refractivity contribution in [2.45, 2.75) is 27.3 Å². The van der Waals surface area contributed by atoms with Crippen LogP contribution < -0.4 is 10.6 Å². The van der Waals surface area contributed by atoms with Gasteiger partial charge in [0.25, 0.3) is 5.91 Å². The standard InChI is InChI=1S/C26H24N8O3.CH4/c1-3-37-26(36)33-25-31-20-13-18(12-19(22(20)32-25)23-27-10-7-11-28-23)34-14-21(29-15-34)24(35)30-16(2)17-8-5-4-6-9-17;/h4-16H,3H2,1-2H3,(H,30,35)(H2,31,32,33,36);1H4/t16-;/m0./s1. The van der Waals surface area contributed by atoms with Gasteiger partial charge in [-0.3, -0.25) is 10.1 Å². The smallest absolute Gasteiger partial charge is 0.413 e. The molecule has 1 atom stereocenters. The molecule has 11 nitrogen and oxygen atoms in total. The Morgan fingerprint density at radius 3 is 2.58 bits per heavy atom. The van der Waals surface area contributed by atoms with Gasteiger partial charge in [0.2, 0.25) is 5.95 Å². The number of amides is 2. The maximum Gasteiger partial charge on any atom is 0.413 e. The zero-order chi connectivity index (χ0) is 25.8. The lowest BCUT2D eigenvalue weighted by Crippen LogP contribution is -2.26. The van der Waals surface area contributed by atoms with Gasteiger partial charge in [0.05, 0.1) is 18.2 Å². The highest BCUT2D eigenvalue weighted by molar-refractivity contribution is 5.95. The molecule has 2 aromatic carbocycles. The van der Waals surface area contributed by atoms with E-state index in [0.717, 1.165) is 5.56 Å². The molecular formula is C27H28N8O3. The third-order valence-electron chi connectivity index (χ3n) is 5.63. The Morgan fingerprint density at radius 2 is 1.84 bits per heavy atom. The van der Waals surface area contributed by atoms with Gasteiger partial charge < -0.3 is 19.6 Å². The van der Waals surface area contributed by atoms with Crippen molar-refractivity contribution in [2.75, 3.05) is 11.9 Å². The van der Waals surface area contributed by atoms with Gasteiger partial charge >= 0.3 is 6.09 Å². The average Bonchev–Trinajstić information content (AvgIpc) is 3.56. The van der Waals surface area contributed by atoms with Crippen LogP contribution >= 0.6 is 0 Å². The van der Waals surface area contributed by atoms with Gasteiger partial charge in [0.1, 0.15) is 17.5 Å². The highest BCUT2D eigenvalue weighted by Crippen LogP contribution is 2.29. The maximum atomic E-state index is 12.9. The Bertz CT molecular complexity index is 1550. The molecule has 0 bridgehead atoms. The minimum atomic E-state index is -0.616. The normalized spacial score (nSPS) is 11.4. The summed E-state index contributed by atoms with van der Waals surface area (Å²) in [6.45, 7) is 3.88. The number of aromatic nitrogens is 6. The molecule has 0 radical (unpaired) electrons. The summed E-state index contributed by atoms with van der Waals surface area (Å²) in [7, 11) is 0. The Labute approximate surface area is 219 Å². The lowest BCUT2D eigenvalue weighted by molar-refractivity contribution is 0.0935. The lowest BCUT2D eigenvalue weighted by atomic mass is 10.1. The molecule has 194 valence electrons. The van der Waals surface area contributed by atoms with Crippen molar-refractivity contribution < 1.29 is 14.3 Å². The van der Waals surface area contributed by atoms with Crippen LogP contribution in [0.4, 0.5) is 10.7 Å². The number of carbonyl (C=O) groups is 2. The fraction of sp³-hybridized carbons (Fsp3) is 0.185. The molecule has 0 aliphatic rings. The summed E-state index contributed by atoms with van der Waals surface area (Å²) in [4.78, 5) is 45.4. The summed E-state index contributed by atoms with van der Waals surface area (Å²) < 4.78 is 6.67. The zero-order valence-corrected chi connectivity index (χ0v) is 20.2. The van der Waals surface area contributed by atoms with E-state index in [1.807, 2.05) is 49.4 Å². The molecule has 11 heteroatoms. The molecule has 0 fully saturated rings. The van der Waals surface area contributed by atoms with E-state index in [2.05, 4.69) is 35.6 Å². The molecule has 0 unspecified atom stereocenters. The van der Waals surface area contributed by atoms with E-state index in [4.69, 9.17) is 4.74 Å². The molecule has 3 N–H and O–H groups in total. The molecule has 0 aliphatic carbocycles. The van der Waals surface area contributed by atoms with Gasteiger partial charge in [-0.05, 0) is 37.6 Å². The minimum absolute atomic E-state index is 0. The van der Waals surface area contributed by atoms with E-state index < -0.39 is 6.09 Å². The molecule has 5 aromatic rings. The van der Waals surface area contributed by atoms with Gasteiger partial charge in [-0.25, -0.2) is 24.7 Å². The second kappa shape index (κ2) is 11.3. The van der Waals surface area contributed by atoms with Crippen LogP contribution in [-0.4, -0.2) is 48.1 Å². The van der Waals surface area contributed by atoms with Crippen LogP contribution in [0.5, 0.6) is 0 Å². The predicted molar refractivity (Wildman–Crippen MR) is 144 cm³/mol. The van der Waals surface area contributed by atoms with Gasteiger partial charge in [0, 0.05) is 29.8 Å². The summed E-state index contributed by atoms with van der Waals surface area (Å²) in [5.41, 5.74) is 3.80. The number of H-pyrrole nitrogens is 1. The van der Waals surface area contributed by atoms with Crippen molar-refractivity contribution in [3.05, 3.63) is 84.7 Å². The van der Waals surface area contributed by atoms with Gasteiger partial charge in [-0.2, -0.15) is 0 Å². The molecule has 0 saturated heterocycles. The summed E-state index contributed by atoms with van der Waals surface area (Å²) >= 11 is 0. The average molecular weight is 513 g/mol. The summed E-state index contributed by atoms with van der Waals surface area (Å²) in [5, 5.41) is 5.55. The van der Waals surface area contributed by atoms with Crippen molar-refractivity contribution in [3.63, 3.8) is 0 Å². The second-order valence-electron chi connectivity index (χ2n) is 8.16. The molecular weight excluding hydrogens is 484 g/mol. The predicted octanol–water partition coefficient (Wildman–Crippen LogP) is 4.90. The fourth-order valence-corrected chi connectivity index (χ4v) is 3.86. The Kier molecular flexibility index (Phi) is 7.76. The van der Waals surface area contributed by atoms with E-state index in [9.17, 15) is 9.59 Å².